The lowest BCUT2D eigenvalue weighted by molar-refractivity contribution is -0.116. The summed E-state index contributed by atoms with van der Waals surface area (Å²) in [5.74, 6) is 1.16. The van der Waals surface area contributed by atoms with E-state index in [2.05, 4.69) is 27.3 Å². The molecule has 2 aromatic carbocycles. The Morgan fingerprint density at radius 2 is 1.79 bits per heavy atom. The van der Waals surface area contributed by atoms with Gasteiger partial charge in [-0.2, -0.15) is 0 Å². The first-order valence-corrected chi connectivity index (χ1v) is 9.91. The van der Waals surface area contributed by atoms with Crippen LogP contribution in [0.5, 0.6) is 0 Å². The third-order valence-electron chi connectivity index (χ3n) is 4.87. The molecule has 1 aliphatic heterocycles. The molecule has 1 saturated heterocycles. The van der Waals surface area contributed by atoms with E-state index in [1.54, 1.807) is 6.20 Å². The second kappa shape index (κ2) is 8.48. The van der Waals surface area contributed by atoms with E-state index in [0.29, 0.717) is 29.5 Å². The maximum Gasteiger partial charge on any atom is 0.224 e. The van der Waals surface area contributed by atoms with Crippen LogP contribution in [0.2, 0.25) is 5.02 Å². The number of halogens is 1. The quantitative estimate of drug-likeness (QED) is 0.625. The molecular formula is C22H22ClN3O2. The van der Waals surface area contributed by atoms with E-state index in [1.807, 2.05) is 36.4 Å². The summed E-state index contributed by atoms with van der Waals surface area (Å²) in [5, 5.41) is 3.61. The monoisotopic (exact) mass is 395 g/mol. The Balaban J connectivity index is 1.29. The minimum Gasteiger partial charge on any atom is -0.441 e. The van der Waals surface area contributed by atoms with Gasteiger partial charge in [0.05, 0.1) is 6.20 Å². The van der Waals surface area contributed by atoms with E-state index in [-0.39, 0.29) is 5.91 Å². The Hall–Kier alpha value is -2.79. The molecule has 2 heterocycles. The van der Waals surface area contributed by atoms with Crippen LogP contribution >= 0.6 is 11.6 Å². The molecule has 1 aliphatic rings. The zero-order chi connectivity index (χ0) is 19.3. The van der Waals surface area contributed by atoms with Crippen molar-refractivity contribution < 1.29 is 9.21 Å². The topological polar surface area (TPSA) is 58.4 Å². The van der Waals surface area contributed by atoms with Crippen molar-refractivity contribution in [3.63, 3.8) is 0 Å². The van der Waals surface area contributed by atoms with E-state index < -0.39 is 0 Å². The van der Waals surface area contributed by atoms with Crippen molar-refractivity contribution in [2.45, 2.75) is 25.7 Å². The number of amides is 1. The highest BCUT2D eigenvalue weighted by molar-refractivity contribution is 6.30. The molecule has 6 heteroatoms. The first-order chi connectivity index (χ1) is 13.7. The van der Waals surface area contributed by atoms with E-state index in [1.165, 1.54) is 18.5 Å². The highest BCUT2D eigenvalue weighted by atomic mass is 35.5. The van der Waals surface area contributed by atoms with Crippen LogP contribution in [0, 0.1) is 0 Å². The second-order valence-electron chi connectivity index (χ2n) is 6.91. The summed E-state index contributed by atoms with van der Waals surface area (Å²) >= 11 is 5.90. The summed E-state index contributed by atoms with van der Waals surface area (Å²) in [7, 11) is 0. The van der Waals surface area contributed by atoms with Crippen molar-refractivity contribution in [2.24, 2.45) is 0 Å². The number of hydrogen-bond donors (Lipinski definition) is 1. The average Bonchev–Trinajstić information content (AvgIpc) is 3.40. The number of nitrogens with zero attached hydrogens (tertiary/aromatic N) is 2. The summed E-state index contributed by atoms with van der Waals surface area (Å²) < 4.78 is 5.74. The lowest BCUT2D eigenvalue weighted by atomic mass is 10.2. The number of nitrogens with one attached hydrogen (secondary N) is 1. The molecule has 0 atom stereocenters. The Morgan fingerprint density at radius 1 is 1.07 bits per heavy atom. The molecule has 4 rings (SSSR count). The molecule has 0 bridgehead atoms. The second-order valence-corrected chi connectivity index (χ2v) is 7.35. The molecule has 1 N–H and O–H groups in total. The number of aromatic nitrogens is 1. The molecule has 1 amide bonds. The van der Waals surface area contributed by atoms with Crippen molar-refractivity contribution >= 4 is 28.9 Å². The highest BCUT2D eigenvalue weighted by Gasteiger charge is 2.13. The van der Waals surface area contributed by atoms with Gasteiger partial charge in [0.15, 0.2) is 11.7 Å². The van der Waals surface area contributed by atoms with Gasteiger partial charge in [0.2, 0.25) is 5.91 Å². The van der Waals surface area contributed by atoms with Gasteiger partial charge >= 0.3 is 0 Å². The summed E-state index contributed by atoms with van der Waals surface area (Å²) in [4.78, 5) is 18.9. The number of rotatable bonds is 6. The normalized spacial score (nSPS) is 13.7. The van der Waals surface area contributed by atoms with Gasteiger partial charge in [0.1, 0.15) is 0 Å². The van der Waals surface area contributed by atoms with Crippen LogP contribution in [-0.2, 0) is 11.2 Å². The van der Waals surface area contributed by atoms with Crippen LogP contribution in [-0.4, -0.2) is 24.0 Å². The minimum atomic E-state index is -0.0554. The Bertz CT molecular complexity index is 929. The Labute approximate surface area is 169 Å². The predicted molar refractivity (Wildman–Crippen MR) is 112 cm³/mol. The molecule has 0 aliphatic carbocycles. The zero-order valence-corrected chi connectivity index (χ0v) is 16.3. The largest absolute Gasteiger partial charge is 0.441 e. The van der Waals surface area contributed by atoms with Gasteiger partial charge in [-0.3, -0.25) is 4.79 Å². The average molecular weight is 396 g/mol. The van der Waals surface area contributed by atoms with Crippen LogP contribution in [0.3, 0.4) is 0 Å². The number of anilines is 2. The number of benzene rings is 2. The summed E-state index contributed by atoms with van der Waals surface area (Å²) in [5.41, 5.74) is 2.93. The molecule has 144 valence electrons. The minimum absolute atomic E-state index is 0.0554. The molecule has 0 spiro atoms. The van der Waals surface area contributed by atoms with Gasteiger partial charge in [-0.05, 0) is 61.4 Å². The third-order valence-corrected chi connectivity index (χ3v) is 5.12. The fourth-order valence-electron chi connectivity index (χ4n) is 3.35. The molecule has 5 nitrogen and oxygen atoms in total. The fraction of sp³-hybridized carbons (Fsp3) is 0.273. The fourth-order valence-corrected chi connectivity index (χ4v) is 3.47. The van der Waals surface area contributed by atoms with Crippen LogP contribution < -0.4 is 10.2 Å². The van der Waals surface area contributed by atoms with Gasteiger partial charge in [-0.25, -0.2) is 4.98 Å². The Kier molecular flexibility index (Phi) is 5.63. The lowest BCUT2D eigenvalue weighted by Gasteiger charge is -2.17. The number of oxazole rings is 1. The highest BCUT2D eigenvalue weighted by Crippen LogP contribution is 2.24. The van der Waals surface area contributed by atoms with Gasteiger partial charge in [0, 0.05) is 47.9 Å². The molecule has 0 radical (unpaired) electrons. The van der Waals surface area contributed by atoms with E-state index in [0.717, 1.165) is 24.3 Å². The van der Waals surface area contributed by atoms with Crippen molar-refractivity contribution in [1.82, 2.24) is 4.98 Å². The van der Waals surface area contributed by atoms with Gasteiger partial charge in [-0.15, -0.1) is 0 Å². The molecule has 1 fully saturated rings. The summed E-state index contributed by atoms with van der Waals surface area (Å²) in [6.45, 7) is 2.22. The van der Waals surface area contributed by atoms with E-state index >= 15 is 0 Å². The van der Waals surface area contributed by atoms with E-state index in [4.69, 9.17) is 16.0 Å². The molecule has 0 saturated carbocycles. The smallest absolute Gasteiger partial charge is 0.224 e. The van der Waals surface area contributed by atoms with Gasteiger partial charge in [0.25, 0.3) is 0 Å². The van der Waals surface area contributed by atoms with E-state index in [9.17, 15) is 4.79 Å². The van der Waals surface area contributed by atoms with Crippen LogP contribution in [0.25, 0.3) is 11.3 Å². The number of aryl methyl sites for hydroxylation is 1. The van der Waals surface area contributed by atoms with Gasteiger partial charge < -0.3 is 14.6 Å². The van der Waals surface area contributed by atoms with Crippen molar-refractivity contribution in [1.29, 1.82) is 0 Å². The molecular weight excluding hydrogens is 374 g/mol. The first kappa shape index (κ1) is 18.6. The predicted octanol–water partition coefficient (Wildman–Crippen LogP) is 5.17. The third kappa shape index (κ3) is 4.54. The lowest BCUT2D eigenvalue weighted by Crippen LogP contribution is -2.17. The summed E-state index contributed by atoms with van der Waals surface area (Å²) in [6.07, 6.45) is 4.94. The van der Waals surface area contributed by atoms with Crippen LogP contribution in [0.1, 0.15) is 25.2 Å². The number of carbonyl (C=O) groups excluding carboxylic acids is 1. The molecule has 1 aromatic heterocycles. The summed E-state index contributed by atoms with van der Waals surface area (Å²) in [6, 6.07) is 15.4. The zero-order valence-electron chi connectivity index (χ0n) is 15.5. The molecule has 0 unspecified atom stereocenters. The molecule has 3 aromatic rings. The standard InChI is InChI=1S/C22H22ClN3O2/c23-17-5-3-16(4-6-17)20-15-24-22(28-20)12-11-21(27)25-18-7-9-19(10-8-18)26-13-1-2-14-26/h3-10,15H,1-2,11-14H2,(H,25,27). The molecule has 28 heavy (non-hydrogen) atoms. The van der Waals surface area contributed by atoms with Crippen molar-refractivity contribution in [2.75, 3.05) is 23.3 Å². The Morgan fingerprint density at radius 3 is 2.50 bits per heavy atom. The first-order valence-electron chi connectivity index (χ1n) is 9.53. The number of hydrogen-bond acceptors (Lipinski definition) is 4. The maximum absolute atomic E-state index is 12.2. The van der Waals surface area contributed by atoms with Gasteiger partial charge in [-0.1, -0.05) is 11.6 Å². The maximum atomic E-state index is 12.2. The van der Waals surface area contributed by atoms with Crippen LogP contribution in [0.15, 0.2) is 59.1 Å². The van der Waals surface area contributed by atoms with Crippen LogP contribution in [0.4, 0.5) is 11.4 Å². The van der Waals surface area contributed by atoms with Crippen molar-refractivity contribution in [3.8, 4) is 11.3 Å². The van der Waals surface area contributed by atoms with Crippen molar-refractivity contribution in [3.05, 3.63) is 65.6 Å². The number of carbonyl (C=O) groups is 1. The SMILES string of the molecule is O=C(CCc1ncc(-c2ccc(Cl)cc2)o1)Nc1ccc(N2CCCC2)cc1.